The molecule has 6 nitrogen and oxygen atoms in total. The fourth-order valence-electron chi connectivity index (χ4n) is 2.73. The second-order valence-corrected chi connectivity index (χ2v) is 7.65. The normalized spacial score (nSPS) is 18.2. The zero-order valence-electron chi connectivity index (χ0n) is 13.6. The van der Waals surface area contributed by atoms with Crippen molar-refractivity contribution in [2.45, 2.75) is 32.1 Å². The zero-order valence-corrected chi connectivity index (χ0v) is 14.5. The Labute approximate surface area is 148 Å². The molecule has 2 heterocycles. The van der Waals surface area contributed by atoms with Crippen LogP contribution in [0.5, 0.6) is 0 Å². The number of nitrogens with zero attached hydrogens (tertiary/aromatic N) is 3. The highest BCUT2D eigenvalue weighted by atomic mass is 32.2. The van der Waals surface area contributed by atoms with E-state index in [4.69, 9.17) is 0 Å². The predicted molar refractivity (Wildman–Crippen MR) is 89.1 cm³/mol. The van der Waals surface area contributed by atoms with Gasteiger partial charge in [0.05, 0.1) is 12.5 Å². The van der Waals surface area contributed by atoms with Crippen LogP contribution in [0.2, 0.25) is 0 Å². The van der Waals surface area contributed by atoms with Crippen LogP contribution in [0.4, 0.5) is 13.2 Å². The molecule has 0 saturated carbocycles. The van der Waals surface area contributed by atoms with Crippen molar-refractivity contribution in [3.8, 4) is 0 Å². The van der Waals surface area contributed by atoms with Crippen LogP contribution in [0.3, 0.4) is 0 Å². The summed E-state index contributed by atoms with van der Waals surface area (Å²) in [5.74, 6) is -0.857. The monoisotopic (exact) mass is 386 g/mol. The van der Waals surface area contributed by atoms with Crippen molar-refractivity contribution in [2.24, 2.45) is 5.92 Å². The van der Waals surface area contributed by atoms with E-state index in [9.17, 15) is 21.6 Å². The summed E-state index contributed by atoms with van der Waals surface area (Å²) >= 11 is 0. The van der Waals surface area contributed by atoms with Crippen molar-refractivity contribution < 1.29 is 21.6 Å². The Hall–Kier alpha value is -2.20. The summed E-state index contributed by atoms with van der Waals surface area (Å²) in [4.78, 5) is 0. The van der Waals surface area contributed by atoms with Gasteiger partial charge in [0.2, 0.25) is 10.0 Å². The summed E-state index contributed by atoms with van der Waals surface area (Å²) in [6.45, 7) is -0.512. The summed E-state index contributed by atoms with van der Waals surface area (Å²) in [5.41, 5.74) is 0.714. The topological polar surface area (TPSA) is 76.9 Å². The molecule has 3 rings (SSSR count). The SMILES string of the molecule is O=S(=O)(/C=C/c1ccccc1)NCc1nnc2n1C[C@H](C(F)(F)F)CC2. The number of rotatable bonds is 5. The number of halogens is 3. The Morgan fingerprint density at radius 2 is 1.96 bits per heavy atom. The molecule has 1 atom stereocenters. The number of hydrogen-bond donors (Lipinski definition) is 1. The van der Waals surface area contributed by atoms with E-state index < -0.39 is 22.1 Å². The van der Waals surface area contributed by atoms with Crippen LogP contribution in [0.25, 0.3) is 6.08 Å². The molecule has 1 aliphatic heterocycles. The third-order valence-corrected chi connectivity index (χ3v) is 5.20. The van der Waals surface area contributed by atoms with Crippen molar-refractivity contribution in [1.82, 2.24) is 19.5 Å². The molecule has 2 aromatic rings. The van der Waals surface area contributed by atoms with Gasteiger partial charge in [0.15, 0.2) is 0 Å². The quantitative estimate of drug-likeness (QED) is 0.857. The highest BCUT2D eigenvalue weighted by molar-refractivity contribution is 7.92. The second-order valence-electron chi connectivity index (χ2n) is 6.00. The molecule has 1 aliphatic rings. The number of aromatic nitrogens is 3. The Bertz CT molecular complexity index is 892. The molecule has 0 unspecified atom stereocenters. The first kappa shape index (κ1) is 18.6. The smallest absolute Gasteiger partial charge is 0.313 e. The molecule has 0 spiro atoms. The Morgan fingerprint density at radius 3 is 2.65 bits per heavy atom. The van der Waals surface area contributed by atoms with Crippen LogP contribution in [-0.2, 0) is 29.5 Å². The van der Waals surface area contributed by atoms with Crippen LogP contribution >= 0.6 is 0 Å². The maximum atomic E-state index is 12.9. The minimum absolute atomic E-state index is 0.0345. The average molecular weight is 386 g/mol. The van der Waals surface area contributed by atoms with Crippen molar-refractivity contribution in [3.05, 3.63) is 53.0 Å². The Kier molecular flexibility index (Phi) is 5.15. The molecule has 0 amide bonds. The van der Waals surface area contributed by atoms with Crippen molar-refractivity contribution in [1.29, 1.82) is 0 Å². The molecule has 1 aromatic heterocycles. The van der Waals surface area contributed by atoms with Crippen LogP contribution in [0.15, 0.2) is 35.7 Å². The largest absolute Gasteiger partial charge is 0.393 e. The van der Waals surface area contributed by atoms with Gasteiger partial charge in [-0.05, 0) is 18.1 Å². The molecular formula is C16H17F3N4O2S. The van der Waals surface area contributed by atoms with Crippen LogP contribution in [-0.4, -0.2) is 29.4 Å². The van der Waals surface area contributed by atoms with Gasteiger partial charge in [0.25, 0.3) is 0 Å². The molecule has 0 radical (unpaired) electrons. The molecule has 1 N–H and O–H groups in total. The number of benzene rings is 1. The second kappa shape index (κ2) is 7.20. The van der Waals surface area contributed by atoms with Crippen LogP contribution < -0.4 is 4.72 Å². The molecule has 10 heteroatoms. The lowest BCUT2D eigenvalue weighted by Gasteiger charge is -2.26. The van der Waals surface area contributed by atoms with Gasteiger partial charge in [-0.15, -0.1) is 10.2 Å². The summed E-state index contributed by atoms with van der Waals surface area (Å²) in [6.07, 6.45) is -2.73. The van der Waals surface area contributed by atoms with Crippen LogP contribution in [0, 0.1) is 5.92 Å². The lowest BCUT2D eigenvalue weighted by Crippen LogP contribution is -2.33. The van der Waals surface area contributed by atoms with Crippen molar-refractivity contribution in [2.75, 3.05) is 0 Å². The third kappa shape index (κ3) is 4.50. The Balaban J connectivity index is 1.67. The van der Waals surface area contributed by atoms with Gasteiger partial charge >= 0.3 is 6.18 Å². The van der Waals surface area contributed by atoms with E-state index >= 15 is 0 Å². The lowest BCUT2D eigenvalue weighted by molar-refractivity contribution is -0.182. The van der Waals surface area contributed by atoms with Gasteiger partial charge in [-0.2, -0.15) is 13.2 Å². The van der Waals surface area contributed by atoms with Gasteiger partial charge < -0.3 is 4.57 Å². The van der Waals surface area contributed by atoms with Crippen molar-refractivity contribution >= 4 is 16.1 Å². The highest BCUT2D eigenvalue weighted by Crippen LogP contribution is 2.34. The van der Waals surface area contributed by atoms with Gasteiger partial charge in [-0.1, -0.05) is 30.3 Å². The third-order valence-electron chi connectivity index (χ3n) is 4.16. The number of fused-ring (bicyclic) bond motifs is 1. The summed E-state index contributed by atoms with van der Waals surface area (Å²) < 4.78 is 66.6. The van der Waals surface area contributed by atoms with E-state index in [0.29, 0.717) is 11.4 Å². The minimum Gasteiger partial charge on any atom is -0.313 e. The molecule has 0 fully saturated rings. The maximum absolute atomic E-state index is 12.9. The van der Waals surface area contributed by atoms with Crippen LogP contribution in [0.1, 0.15) is 23.6 Å². The molecular weight excluding hydrogens is 369 g/mol. The van der Waals surface area contributed by atoms with Gasteiger partial charge in [0.1, 0.15) is 11.6 Å². The number of aryl methyl sites for hydroxylation is 1. The van der Waals surface area contributed by atoms with E-state index in [1.54, 1.807) is 24.3 Å². The first-order valence-corrected chi connectivity index (χ1v) is 9.50. The lowest BCUT2D eigenvalue weighted by atomic mass is 9.99. The summed E-state index contributed by atoms with van der Waals surface area (Å²) in [6, 6.07) is 8.86. The van der Waals surface area contributed by atoms with Gasteiger partial charge in [0, 0.05) is 18.4 Å². The van der Waals surface area contributed by atoms with Gasteiger partial charge in [-0.3, -0.25) is 0 Å². The van der Waals surface area contributed by atoms with E-state index in [-0.39, 0.29) is 31.8 Å². The maximum Gasteiger partial charge on any atom is 0.393 e. The molecule has 0 aliphatic carbocycles. The fraction of sp³-hybridized carbons (Fsp3) is 0.375. The first-order valence-electron chi connectivity index (χ1n) is 7.95. The first-order chi connectivity index (χ1) is 12.2. The number of sulfonamides is 1. The summed E-state index contributed by atoms with van der Waals surface area (Å²) in [5, 5.41) is 8.70. The number of alkyl halides is 3. The van der Waals surface area contributed by atoms with Gasteiger partial charge in [-0.25, -0.2) is 13.1 Å². The Morgan fingerprint density at radius 1 is 1.23 bits per heavy atom. The average Bonchev–Trinajstić information content (AvgIpc) is 3.01. The molecule has 26 heavy (non-hydrogen) atoms. The fourth-order valence-corrected chi connectivity index (χ4v) is 3.49. The van der Waals surface area contributed by atoms with E-state index in [1.165, 1.54) is 10.6 Å². The molecule has 0 bridgehead atoms. The standard InChI is InChI=1S/C16H17F3N4O2S/c17-16(18,19)13-6-7-14-21-22-15(23(14)11-13)10-20-26(24,25)9-8-12-4-2-1-3-5-12/h1-5,8-9,13,20H,6-7,10-11H2/b9-8+/t13-/m1/s1. The highest BCUT2D eigenvalue weighted by Gasteiger charge is 2.42. The molecule has 1 aromatic carbocycles. The summed E-state index contributed by atoms with van der Waals surface area (Å²) in [7, 11) is -3.76. The number of hydrogen-bond acceptors (Lipinski definition) is 4. The predicted octanol–water partition coefficient (Wildman–Crippen LogP) is 2.49. The van der Waals surface area contributed by atoms with Crippen molar-refractivity contribution in [3.63, 3.8) is 0 Å². The molecule has 140 valence electrons. The molecule has 0 saturated heterocycles. The number of nitrogens with one attached hydrogen (secondary N) is 1. The zero-order chi connectivity index (χ0) is 18.8. The van der Waals surface area contributed by atoms with E-state index in [2.05, 4.69) is 14.9 Å². The van der Waals surface area contributed by atoms with E-state index in [0.717, 1.165) is 5.41 Å². The van der Waals surface area contributed by atoms with E-state index in [1.807, 2.05) is 6.07 Å². The minimum atomic E-state index is -4.29.